The van der Waals surface area contributed by atoms with Crippen molar-refractivity contribution in [3.8, 4) is 0 Å². The number of hydrogen-bond acceptors (Lipinski definition) is 4. The van der Waals surface area contributed by atoms with Crippen molar-refractivity contribution >= 4 is 17.1 Å². The summed E-state index contributed by atoms with van der Waals surface area (Å²) >= 11 is 0. The molecule has 1 aromatic carbocycles. The highest BCUT2D eigenvalue weighted by Gasteiger charge is 2.42. The first-order valence-electron chi connectivity index (χ1n) is 10.8. The van der Waals surface area contributed by atoms with Gasteiger partial charge in [-0.25, -0.2) is 13.2 Å². The van der Waals surface area contributed by atoms with E-state index < -0.39 is 36.0 Å². The highest BCUT2D eigenvalue weighted by molar-refractivity contribution is 5.97. The summed E-state index contributed by atoms with van der Waals surface area (Å²) in [7, 11) is 0. The number of carbonyl (C=O) groups excluding carboxylic acids is 1. The average Bonchev–Trinajstić information content (AvgIpc) is 2.71. The largest absolute Gasteiger partial charge is 0.364 e. The van der Waals surface area contributed by atoms with Crippen molar-refractivity contribution in [3.63, 3.8) is 0 Å². The van der Waals surface area contributed by atoms with Gasteiger partial charge in [0.15, 0.2) is 5.72 Å². The van der Waals surface area contributed by atoms with Crippen molar-refractivity contribution in [3.05, 3.63) is 71.2 Å². The minimum Gasteiger partial charge on any atom is -0.364 e. The molecule has 0 bridgehead atoms. The molecule has 2 aliphatic rings. The quantitative estimate of drug-likeness (QED) is 0.505. The van der Waals surface area contributed by atoms with Crippen LogP contribution in [0.25, 0.3) is 11.1 Å². The van der Waals surface area contributed by atoms with Crippen molar-refractivity contribution in [2.24, 2.45) is 5.73 Å². The zero-order valence-corrected chi connectivity index (χ0v) is 19.2. The second-order valence-electron chi connectivity index (χ2n) is 8.84. The Balaban J connectivity index is 1.89. The van der Waals surface area contributed by atoms with Crippen molar-refractivity contribution in [2.75, 3.05) is 13.1 Å². The van der Waals surface area contributed by atoms with Gasteiger partial charge in [0.1, 0.15) is 11.5 Å². The summed E-state index contributed by atoms with van der Waals surface area (Å²) in [5.74, 6) is -4.18. The number of fused-ring (bicyclic) bond motifs is 1. The molecule has 0 aliphatic carbocycles. The summed E-state index contributed by atoms with van der Waals surface area (Å²) in [6, 6.07) is 4.82. The number of carbonyl (C=O) groups is 1. The lowest BCUT2D eigenvalue weighted by atomic mass is 9.83. The third-order valence-electron chi connectivity index (χ3n) is 6.04. The van der Waals surface area contributed by atoms with Gasteiger partial charge >= 0.3 is 0 Å². The number of benzene rings is 1. The van der Waals surface area contributed by atoms with Crippen LogP contribution in [-0.4, -0.2) is 36.7 Å². The molecule has 1 unspecified atom stereocenters. The van der Waals surface area contributed by atoms with Gasteiger partial charge in [-0.3, -0.25) is 4.79 Å². The van der Waals surface area contributed by atoms with Gasteiger partial charge < -0.3 is 21.1 Å². The molecule has 178 valence electrons. The van der Waals surface area contributed by atoms with Gasteiger partial charge in [-0.2, -0.15) is 0 Å². The predicted octanol–water partition coefficient (Wildman–Crippen LogP) is 4.28. The molecule has 2 atom stereocenters. The topological polar surface area (TPSA) is 76.4 Å². The SMILES string of the molecule is C=C(C)c1ccc(C2=C3CC[C@H](CNCC(F)(F)C(=C)C)OC3(C)NC(C(N)=O)=C2)c(F)c1. The lowest BCUT2D eigenvalue weighted by Gasteiger charge is -2.45. The molecular formula is C25H30F3N3O2. The zero-order chi connectivity index (χ0) is 24.6. The molecule has 33 heavy (non-hydrogen) atoms. The van der Waals surface area contributed by atoms with Gasteiger partial charge in [0, 0.05) is 12.1 Å². The molecule has 5 nitrogen and oxygen atoms in total. The second-order valence-corrected chi connectivity index (χ2v) is 8.84. The van der Waals surface area contributed by atoms with E-state index in [1.165, 1.54) is 19.1 Å². The molecule has 8 heteroatoms. The predicted molar refractivity (Wildman–Crippen MR) is 124 cm³/mol. The van der Waals surface area contributed by atoms with Crippen LogP contribution in [0, 0.1) is 5.82 Å². The van der Waals surface area contributed by atoms with Crippen LogP contribution in [-0.2, 0) is 9.53 Å². The van der Waals surface area contributed by atoms with Crippen LogP contribution < -0.4 is 16.4 Å². The summed E-state index contributed by atoms with van der Waals surface area (Å²) in [5.41, 5.74) is 7.27. The lowest BCUT2D eigenvalue weighted by molar-refractivity contribution is -0.119. The molecular weight excluding hydrogens is 431 g/mol. The first-order valence-corrected chi connectivity index (χ1v) is 10.8. The fraction of sp³-hybridized carbons (Fsp3) is 0.400. The van der Waals surface area contributed by atoms with E-state index in [1.54, 1.807) is 26.0 Å². The van der Waals surface area contributed by atoms with Crippen LogP contribution in [0.4, 0.5) is 13.2 Å². The van der Waals surface area contributed by atoms with Gasteiger partial charge in [0.2, 0.25) is 0 Å². The van der Waals surface area contributed by atoms with Crippen LogP contribution in [0.5, 0.6) is 0 Å². The number of primary amides is 1. The molecule has 1 saturated heterocycles. The van der Waals surface area contributed by atoms with Crippen LogP contribution in [0.1, 0.15) is 44.7 Å². The molecule has 4 N–H and O–H groups in total. The highest BCUT2D eigenvalue weighted by Crippen LogP contribution is 2.41. The highest BCUT2D eigenvalue weighted by atomic mass is 19.3. The normalized spacial score (nSPS) is 22.8. The number of amides is 1. The molecule has 0 radical (unpaired) electrons. The molecule has 2 aliphatic heterocycles. The lowest BCUT2D eigenvalue weighted by Crippen LogP contribution is -2.56. The minimum absolute atomic E-state index is 0.0852. The van der Waals surface area contributed by atoms with Gasteiger partial charge in [-0.05, 0) is 68.0 Å². The molecule has 0 saturated carbocycles. The second kappa shape index (κ2) is 9.19. The van der Waals surface area contributed by atoms with Gasteiger partial charge in [0.25, 0.3) is 11.8 Å². The maximum absolute atomic E-state index is 15.1. The van der Waals surface area contributed by atoms with Crippen LogP contribution in [0.2, 0.25) is 0 Å². The molecule has 1 aromatic rings. The summed E-state index contributed by atoms with van der Waals surface area (Å²) < 4.78 is 48.9. The molecule has 0 aromatic heterocycles. The van der Waals surface area contributed by atoms with E-state index >= 15 is 4.39 Å². The fourth-order valence-corrected chi connectivity index (χ4v) is 4.09. The summed E-state index contributed by atoms with van der Waals surface area (Å²) in [4.78, 5) is 12.0. The van der Waals surface area contributed by atoms with Crippen LogP contribution >= 0.6 is 0 Å². The number of ether oxygens (including phenoxy) is 1. The number of alkyl halides is 2. The summed E-state index contributed by atoms with van der Waals surface area (Å²) in [5, 5.41) is 5.75. The first-order chi connectivity index (χ1) is 15.3. The monoisotopic (exact) mass is 461 g/mol. The average molecular weight is 462 g/mol. The van der Waals surface area contributed by atoms with E-state index in [9.17, 15) is 13.6 Å². The van der Waals surface area contributed by atoms with E-state index in [4.69, 9.17) is 10.5 Å². The molecule has 2 heterocycles. The van der Waals surface area contributed by atoms with Gasteiger partial charge in [-0.15, -0.1) is 0 Å². The molecule has 1 amide bonds. The number of hydrogen-bond donors (Lipinski definition) is 3. The third-order valence-corrected chi connectivity index (χ3v) is 6.04. The molecule has 3 rings (SSSR count). The maximum Gasteiger partial charge on any atom is 0.280 e. The minimum atomic E-state index is -3.02. The Labute approximate surface area is 192 Å². The standard InChI is InChI=1S/C25H30F3N3O2/c1-14(2)16-6-8-18(21(26)10-16)19-11-22(23(29)32)31-24(5)20(19)9-7-17(33-24)12-30-13-25(27,28)15(3)4/h6,8,10-11,17,30-31H,1,3,7,9,12-13H2,2,4-5H3,(H2,29,32)/t17-,24?/m1/s1. The Kier molecular flexibility index (Phi) is 6.91. The zero-order valence-electron chi connectivity index (χ0n) is 19.2. The summed E-state index contributed by atoms with van der Waals surface area (Å²) in [6.45, 7) is 11.6. The smallest absolute Gasteiger partial charge is 0.280 e. The number of allylic oxidation sites excluding steroid dienone is 3. The van der Waals surface area contributed by atoms with Gasteiger partial charge in [0.05, 0.1) is 12.6 Å². The van der Waals surface area contributed by atoms with E-state index in [2.05, 4.69) is 23.8 Å². The number of dihydropyridines is 1. The Morgan fingerprint density at radius 3 is 2.64 bits per heavy atom. The Hall–Kier alpha value is -2.84. The van der Waals surface area contributed by atoms with Crippen molar-refractivity contribution in [1.29, 1.82) is 0 Å². The number of halogens is 3. The Bertz CT molecular complexity index is 1060. The Morgan fingerprint density at radius 2 is 2.06 bits per heavy atom. The van der Waals surface area contributed by atoms with E-state index in [0.717, 1.165) is 11.1 Å². The van der Waals surface area contributed by atoms with E-state index in [1.807, 2.05) is 0 Å². The van der Waals surface area contributed by atoms with Crippen LogP contribution in [0.3, 0.4) is 0 Å². The third kappa shape index (κ3) is 5.23. The molecule has 1 fully saturated rings. The molecule has 0 spiro atoms. The van der Waals surface area contributed by atoms with Crippen molar-refractivity contribution < 1.29 is 22.7 Å². The number of nitrogens with two attached hydrogens (primary N) is 1. The number of rotatable bonds is 8. The first kappa shape index (κ1) is 24.8. The van der Waals surface area contributed by atoms with Crippen molar-refractivity contribution in [2.45, 2.75) is 51.4 Å². The maximum atomic E-state index is 15.1. The van der Waals surface area contributed by atoms with Gasteiger partial charge in [-0.1, -0.05) is 30.9 Å². The van der Waals surface area contributed by atoms with E-state index in [0.29, 0.717) is 29.5 Å². The number of nitrogens with one attached hydrogen (secondary N) is 2. The van der Waals surface area contributed by atoms with E-state index in [-0.39, 0.29) is 17.8 Å². The Morgan fingerprint density at radius 1 is 1.36 bits per heavy atom. The van der Waals surface area contributed by atoms with Crippen LogP contribution in [0.15, 0.2) is 54.3 Å². The summed E-state index contributed by atoms with van der Waals surface area (Å²) in [6.07, 6.45) is 2.18. The van der Waals surface area contributed by atoms with Crippen molar-refractivity contribution in [1.82, 2.24) is 10.6 Å². The fourth-order valence-electron chi connectivity index (χ4n) is 4.09.